The molecule has 0 aromatic carbocycles. The van der Waals surface area contributed by atoms with Gasteiger partial charge >= 0.3 is 0 Å². The summed E-state index contributed by atoms with van der Waals surface area (Å²) in [6.45, 7) is 2.61. The number of rotatable bonds is 3. The molecule has 2 N–H and O–H groups in total. The zero-order valence-corrected chi connectivity index (χ0v) is 11.2. The molecule has 0 spiro atoms. The summed E-state index contributed by atoms with van der Waals surface area (Å²) < 4.78 is 5.92. The normalized spacial score (nSPS) is 10.5. The van der Waals surface area contributed by atoms with Crippen molar-refractivity contribution in [3.05, 3.63) is 34.3 Å². The van der Waals surface area contributed by atoms with E-state index in [0.717, 1.165) is 11.3 Å². The van der Waals surface area contributed by atoms with E-state index in [0.29, 0.717) is 22.9 Å². The maximum Gasteiger partial charge on any atom is 0.228 e. The van der Waals surface area contributed by atoms with Gasteiger partial charge in [-0.05, 0) is 28.9 Å². The fourth-order valence-corrected chi connectivity index (χ4v) is 1.89. The summed E-state index contributed by atoms with van der Waals surface area (Å²) in [7, 11) is 1.91. The predicted octanol–water partition coefficient (Wildman–Crippen LogP) is 2.36. The minimum atomic E-state index is 0.442. The van der Waals surface area contributed by atoms with E-state index in [1.807, 2.05) is 24.9 Å². The zero-order valence-electron chi connectivity index (χ0n) is 9.64. The lowest BCUT2D eigenvalue weighted by Crippen LogP contribution is -2.19. The molecule has 2 aromatic heterocycles. The van der Waals surface area contributed by atoms with E-state index in [1.54, 1.807) is 12.3 Å². The van der Waals surface area contributed by atoms with Gasteiger partial charge in [0.1, 0.15) is 16.2 Å². The number of aromatic nitrogens is 2. The van der Waals surface area contributed by atoms with Crippen LogP contribution in [-0.4, -0.2) is 17.0 Å². The van der Waals surface area contributed by atoms with Gasteiger partial charge < -0.3 is 15.1 Å². The highest BCUT2D eigenvalue weighted by atomic mass is 79.9. The molecule has 6 heteroatoms. The number of nitrogens with zero attached hydrogens (tertiary/aromatic N) is 3. The Kier molecular flexibility index (Phi) is 3.33. The van der Waals surface area contributed by atoms with Crippen molar-refractivity contribution in [1.29, 1.82) is 0 Å². The van der Waals surface area contributed by atoms with Crippen molar-refractivity contribution in [3.8, 4) is 0 Å². The predicted molar refractivity (Wildman–Crippen MR) is 69.7 cm³/mol. The van der Waals surface area contributed by atoms with Gasteiger partial charge in [0, 0.05) is 25.2 Å². The van der Waals surface area contributed by atoms with Crippen molar-refractivity contribution in [2.75, 3.05) is 17.7 Å². The largest absolute Gasteiger partial charge is 0.469 e. The van der Waals surface area contributed by atoms with Crippen molar-refractivity contribution in [1.82, 2.24) is 9.97 Å². The van der Waals surface area contributed by atoms with Crippen LogP contribution >= 0.6 is 15.9 Å². The van der Waals surface area contributed by atoms with Gasteiger partial charge in [-0.3, -0.25) is 0 Å². The fraction of sp³-hybridized carbons (Fsp3) is 0.273. The van der Waals surface area contributed by atoms with Crippen molar-refractivity contribution in [2.45, 2.75) is 13.5 Å². The SMILES string of the molecule is Cc1occc1CN(C)c1nc(N)cc(Br)n1. The van der Waals surface area contributed by atoms with Crippen molar-refractivity contribution < 1.29 is 4.42 Å². The van der Waals surface area contributed by atoms with Crippen LogP contribution in [0.15, 0.2) is 27.4 Å². The molecule has 2 heterocycles. The van der Waals surface area contributed by atoms with Crippen LogP contribution in [0.2, 0.25) is 0 Å². The molecule has 0 aliphatic heterocycles. The van der Waals surface area contributed by atoms with Gasteiger partial charge in [0.25, 0.3) is 0 Å². The third-order valence-electron chi connectivity index (χ3n) is 2.42. The molecule has 0 bridgehead atoms. The van der Waals surface area contributed by atoms with E-state index >= 15 is 0 Å². The Morgan fingerprint density at radius 2 is 2.24 bits per heavy atom. The van der Waals surface area contributed by atoms with Crippen molar-refractivity contribution in [3.63, 3.8) is 0 Å². The lowest BCUT2D eigenvalue weighted by atomic mass is 10.2. The Bertz CT molecular complexity index is 506. The molecule has 0 aliphatic rings. The average Bonchev–Trinajstić information content (AvgIpc) is 2.63. The number of hydrogen-bond acceptors (Lipinski definition) is 5. The van der Waals surface area contributed by atoms with Gasteiger partial charge in [0.05, 0.1) is 6.26 Å². The van der Waals surface area contributed by atoms with E-state index in [2.05, 4.69) is 25.9 Å². The molecule has 0 saturated carbocycles. The Balaban J connectivity index is 2.20. The van der Waals surface area contributed by atoms with Crippen molar-refractivity contribution in [2.24, 2.45) is 0 Å². The highest BCUT2D eigenvalue weighted by molar-refractivity contribution is 9.10. The van der Waals surface area contributed by atoms with Gasteiger partial charge in [-0.1, -0.05) is 0 Å². The van der Waals surface area contributed by atoms with Gasteiger partial charge in [-0.25, -0.2) is 4.98 Å². The van der Waals surface area contributed by atoms with Crippen LogP contribution in [0, 0.1) is 6.92 Å². The number of anilines is 2. The molecule has 0 fully saturated rings. The number of furan rings is 1. The quantitative estimate of drug-likeness (QED) is 0.881. The van der Waals surface area contributed by atoms with Crippen LogP contribution in [0.1, 0.15) is 11.3 Å². The van der Waals surface area contributed by atoms with Gasteiger partial charge in [-0.15, -0.1) is 0 Å². The van der Waals surface area contributed by atoms with E-state index in [1.165, 1.54) is 0 Å². The van der Waals surface area contributed by atoms with Crippen LogP contribution in [0.3, 0.4) is 0 Å². The minimum Gasteiger partial charge on any atom is -0.469 e. The zero-order chi connectivity index (χ0) is 12.4. The van der Waals surface area contributed by atoms with Gasteiger partial charge in [0.15, 0.2) is 0 Å². The fourth-order valence-electron chi connectivity index (χ4n) is 1.49. The molecule has 90 valence electrons. The number of nitrogens with two attached hydrogens (primary N) is 1. The topological polar surface area (TPSA) is 68.2 Å². The Morgan fingerprint density at radius 1 is 1.47 bits per heavy atom. The monoisotopic (exact) mass is 296 g/mol. The molecule has 0 aliphatic carbocycles. The second-order valence-electron chi connectivity index (χ2n) is 3.77. The summed E-state index contributed by atoms with van der Waals surface area (Å²) in [4.78, 5) is 10.4. The molecule has 0 amide bonds. The first-order chi connectivity index (χ1) is 8.06. The van der Waals surface area contributed by atoms with E-state index in [-0.39, 0.29) is 0 Å². The highest BCUT2D eigenvalue weighted by Crippen LogP contribution is 2.18. The van der Waals surface area contributed by atoms with Gasteiger partial charge in [0.2, 0.25) is 5.95 Å². The summed E-state index contributed by atoms with van der Waals surface area (Å²) >= 11 is 3.30. The number of nitrogen functional groups attached to an aromatic ring is 1. The third-order valence-corrected chi connectivity index (χ3v) is 2.82. The van der Waals surface area contributed by atoms with Crippen molar-refractivity contribution >= 4 is 27.7 Å². The molecule has 0 radical (unpaired) electrons. The summed E-state index contributed by atoms with van der Waals surface area (Å²) in [5.74, 6) is 1.93. The maximum absolute atomic E-state index is 5.67. The van der Waals surface area contributed by atoms with Crippen LogP contribution < -0.4 is 10.6 Å². The number of aryl methyl sites for hydroxylation is 1. The van der Waals surface area contributed by atoms with Gasteiger partial charge in [-0.2, -0.15) is 4.98 Å². The smallest absolute Gasteiger partial charge is 0.228 e. The summed E-state index contributed by atoms with van der Waals surface area (Å²) in [5.41, 5.74) is 6.78. The molecule has 5 nitrogen and oxygen atoms in total. The molecular formula is C11H13BrN4O. The first-order valence-corrected chi connectivity index (χ1v) is 5.89. The van der Waals surface area contributed by atoms with E-state index < -0.39 is 0 Å². The van der Waals surface area contributed by atoms with Crippen LogP contribution in [0.25, 0.3) is 0 Å². The van der Waals surface area contributed by atoms with E-state index in [4.69, 9.17) is 10.2 Å². The maximum atomic E-state index is 5.67. The molecule has 0 saturated heterocycles. The Hall–Kier alpha value is -1.56. The van der Waals surface area contributed by atoms with Crippen LogP contribution in [0.5, 0.6) is 0 Å². The molecule has 0 unspecified atom stereocenters. The van der Waals surface area contributed by atoms with Crippen LogP contribution in [-0.2, 0) is 6.54 Å². The summed E-state index contributed by atoms with van der Waals surface area (Å²) in [6.07, 6.45) is 1.68. The summed E-state index contributed by atoms with van der Waals surface area (Å²) in [5, 5.41) is 0. The van der Waals surface area contributed by atoms with E-state index in [9.17, 15) is 0 Å². The third kappa shape index (κ3) is 2.76. The second kappa shape index (κ2) is 4.75. The first-order valence-electron chi connectivity index (χ1n) is 5.10. The number of halogens is 1. The molecular weight excluding hydrogens is 284 g/mol. The molecule has 17 heavy (non-hydrogen) atoms. The number of hydrogen-bond donors (Lipinski definition) is 1. The minimum absolute atomic E-state index is 0.442. The second-order valence-corrected chi connectivity index (χ2v) is 4.59. The average molecular weight is 297 g/mol. The molecule has 2 aromatic rings. The highest BCUT2D eigenvalue weighted by Gasteiger charge is 2.10. The standard InChI is InChI=1S/C11H13BrN4O/c1-7-8(3-4-17-7)6-16(2)11-14-9(12)5-10(13)15-11/h3-5H,6H2,1-2H3,(H2,13,14,15). The Labute approximate surface area is 108 Å². The molecule has 0 atom stereocenters. The first kappa shape index (κ1) is 11.9. The summed E-state index contributed by atoms with van der Waals surface area (Å²) in [6, 6.07) is 3.60. The molecule has 2 rings (SSSR count). The Morgan fingerprint density at radius 3 is 2.82 bits per heavy atom. The lowest BCUT2D eigenvalue weighted by Gasteiger charge is -2.16. The van der Waals surface area contributed by atoms with Crippen LogP contribution in [0.4, 0.5) is 11.8 Å². The lowest BCUT2D eigenvalue weighted by molar-refractivity contribution is 0.529.